The number of para-hydroxylation sites is 2. The number of allylic oxidation sites excluding steroid dienone is 2. The first-order valence-corrected chi connectivity index (χ1v) is 21.7. The van der Waals surface area contributed by atoms with E-state index in [1.807, 2.05) is 83.1 Å². The van der Waals surface area contributed by atoms with Crippen molar-refractivity contribution < 1.29 is 4.79 Å². The molecule has 0 radical (unpaired) electrons. The molecule has 308 valence electrons. The third-order valence-corrected chi connectivity index (χ3v) is 12.6. The van der Waals surface area contributed by atoms with Gasteiger partial charge in [0.15, 0.2) is 22.5 Å². The van der Waals surface area contributed by atoms with Gasteiger partial charge in [-0.05, 0) is 81.5 Å². The number of fused-ring (bicyclic) bond motifs is 2. The Morgan fingerprint density at radius 2 is 1.56 bits per heavy atom. The van der Waals surface area contributed by atoms with E-state index in [2.05, 4.69) is 79.6 Å². The van der Waals surface area contributed by atoms with E-state index in [1.54, 1.807) is 16.0 Å². The molecule has 1 aliphatic carbocycles. The quantitative estimate of drug-likeness (QED) is 0.136. The van der Waals surface area contributed by atoms with Gasteiger partial charge in [-0.3, -0.25) is 9.69 Å². The van der Waals surface area contributed by atoms with Crippen LogP contribution in [0.4, 0.5) is 39.6 Å². The van der Waals surface area contributed by atoms with Crippen LogP contribution in [0.15, 0.2) is 100 Å². The number of nitrogens with zero attached hydrogens (tertiary/aromatic N) is 9. The number of hydrogen-bond donors (Lipinski definition) is 2. The van der Waals surface area contributed by atoms with Crippen molar-refractivity contribution in [1.29, 1.82) is 5.26 Å². The molecule has 7 aromatic rings. The molecule has 2 unspecified atom stereocenters. The number of amides is 1. The largest absolute Gasteiger partial charge is 0.338 e. The van der Waals surface area contributed by atoms with Gasteiger partial charge in [0.25, 0.3) is 0 Å². The molecule has 8 rings (SSSR count). The highest BCUT2D eigenvalue weighted by molar-refractivity contribution is 7.22. The molecule has 3 aromatic carbocycles. The van der Waals surface area contributed by atoms with Gasteiger partial charge < -0.3 is 10.6 Å². The SMILES string of the molecule is CC(=O)Nc1cc(N(c2nc3ccccc3s2)C2C(C)=CC(C)=CC2C)nc(Nc2c(C)cc(C)cc2C)c1N=Nc1c(C#N)c(C(C)(C)C)nn1-c1nc2ccccc2s1. The Balaban J connectivity index is 1.39. The van der Waals surface area contributed by atoms with Crippen LogP contribution in [0.25, 0.3) is 25.6 Å². The van der Waals surface area contributed by atoms with E-state index in [0.717, 1.165) is 53.5 Å². The van der Waals surface area contributed by atoms with Gasteiger partial charge in [0.1, 0.15) is 17.5 Å². The minimum atomic E-state index is -0.504. The van der Waals surface area contributed by atoms with Crippen LogP contribution in [-0.4, -0.2) is 36.7 Å². The third kappa shape index (κ3) is 8.06. The number of benzene rings is 3. The maximum atomic E-state index is 13.2. The molecule has 12 nitrogen and oxygen atoms in total. The number of carbonyl (C=O) groups is 1. The molecule has 0 aliphatic heterocycles. The van der Waals surface area contributed by atoms with Crippen molar-refractivity contribution in [1.82, 2.24) is 24.7 Å². The predicted octanol–water partition coefficient (Wildman–Crippen LogP) is 12.7. The van der Waals surface area contributed by atoms with Crippen LogP contribution in [0.1, 0.15) is 76.4 Å². The van der Waals surface area contributed by atoms with Gasteiger partial charge >= 0.3 is 0 Å². The zero-order chi connectivity index (χ0) is 43.3. The number of carbonyl (C=O) groups excluding carboxylic acids is 1. The molecule has 1 aliphatic rings. The third-order valence-electron chi connectivity index (χ3n) is 10.6. The molecule has 14 heteroatoms. The Morgan fingerprint density at radius 1 is 0.902 bits per heavy atom. The number of anilines is 5. The topological polar surface area (TPSA) is 149 Å². The standard InChI is InChI=1S/C47H47N11OS2/c1-25-19-27(3)39(28(4)20-25)53-43-40(54-55-44-32(24-48)42(47(8,9)10)56-58(44)46-51-34-16-12-14-18-37(34)61-46)35(49-31(7)59)23-38(52-43)57(41-29(5)21-26(2)22-30(41)6)45-50-33-15-11-13-17-36(33)60-45/h11-23,29,41H,1-10H3,(H2,49,52,53,59). The first kappa shape index (κ1) is 41.2. The number of rotatable bonds is 9. The molecule has 0 saturated carbocycles. The molecule has 1 amide bonds. The predicted molar refractivity (Wildman–Crippen MR) is 249 cm³/mol. The fourth-order valence-electron chi connectivity index (χ4n) is 8.10. The summed E-state index contributed by atoms with van der Waals surface area (Å²) in [6.45, 7) is 20.1. The summed E-state index contributed by atoms with van der Waals surface area (Å²) in [5.74, 6) is 0.902. The lowest BCUT2D eigenvalue weighted by Crippen LogP contribution is -2.39. The summed E-state index contributed by atoms with van der Waals surface area (Å²) in [4.78, 5) is 30.8. The van der Waals surface area contributed by atoms with Crippen molar-refractivity contribution in [3.8, 4) is 11.2 Å². The molecule has 0 bridgehead atoms. The van der Waals surface area contributed by atoms with Gasteiger partial charge in [-0.15, -0.1) is 10.2 Å². The first-order chi connectivity index (χ1) is 29.1. The summed E-state index contributed by atoms with van der Waals surface area (Å²) in [7, 11) is 0. The lowest BCUT2D eigenvalue weighted by molar-refractivity contribution is -0.114. The second kappa shape index (κ2) is 16.1. The zero-order valence-electron chi connectivity index (χ0n) is 35.9. The van der Waals surface area contributed by atoms with Crippen molar-refractivity contribution in [3.05, 3.63) is 118 Å². The highest BCUT2D eigenvalue weighted by Gasteiger charge is 2.34. The van der Waals surface area contributed by atoms with Crippen LogP contribution < -0.4 is 15.5 Å². The van der Waals surface area contributed by atoms with Crippen LogP contribution in [-0.2, 0) is 10.2 Å². The second-order valence-electron chi connectivity index (χ2n) is 16.7. The fourth-order valence-corrected chi connectivity index (χ4v) is 10.0. The van der Waals surface area contributed by atoms with Crippen LogP contribution >= 0.6 is 22.7 Å². The lowest BCUT2D eigenvalue weighted by Gasteiger charge is -2.37. The maximum Gasteiger partial charge on any atom is 0.221 e. The van der Waals surface area contributed by atoms with Crippen LogP contribution in [0.3, 0.4) is 0 Å². The summed E-state index contributed by atoms with van der Waals surface area (Å²) in [5.41, 5.74) is 8.99. The Labute approximate surface area is 363 Å². The minimum Gasteiger partial charge on any atom is -0.338 e. The number of aromatic nitrogens is 5. The van der Waals surface area contributed by atoms with E-state index in [4.69, 9.17) is 30.3 Å². The molecular weight excluding hydrogens is 799 g/mol. The Bertz CT molecular complexity index is 2920. The number of nitriles is 1. The van der Waals surface area contributed by atoms with E-state index in [-0.39, 0.29) is 34.9 Å². The van der Waals surface area contributed by atoms with Gasteiger partial charge in [0, 0.05) is 24.1 Å². The highest BCUT2D eigenvalue weighted by Crippen LogP contribution is 2.46. The summed E-state index contributed by atoms with van der Waals surface area (Å²) in [6, 6.07) is 24.2. The number of nitrogens with one attached hydrogen (secondary N) is 2. The molecule has 2 atom stereocenters. The van der Waals surface area contributed by atoms with Gasteiger partial charge in [0.2, 0.25) is 11.0 Å². The molecule has 2 N–H and O–H groups in total. The number of hydrogen-bond acceptors (Lipinski definition) is 12. The van der Waals surface area contributed by atoms with E-state index < -0.39 is 5.41 Å². The van der Waals surface area contributed by atoms with E-state index in [0.29, 0.717) is 28.1 Å². The summed E-state index contributed by atoms with van der Waals surface area (Å²) < 4.78 is 3.61. The van der Waals surface area contributed by atoms with Crippen LogP contribution in [0.2, 0.25) is 0 Å². The fraction of sp³-hybridized carbons (Fsp3) is 0.277. The number of pyridine rings is 1. The zero-order valence-corrected chi connectivity index (χ0v) is 37.5. The molecule has 0 fully saturated rings. The van der Waals surface area contributed by atoms with Crippen LogP contribution in [0, 0.1) is 38.0 Å². The molecular formula is C47H47N11OS2. The van der Waals surface area contributed by atoms with E-state index in [9.17, 15) is 10.1 Å². The molecule has 4 aromatic heterocycles. The maximum absolute atomic E-state index is 13.2. The average molecular weight is 846 g/mol. The Morgan fingerprint density at radius 3 is 2.16 bits per heavy atom. The normalized spacial score (nSPS) is 15.6. The smallest absolute Gasteiger partial charge is 0.221 e. The Hall–Kier alpha value is -6.56. The van der Waals surface area contributed by atoms with E-state index in [1.165, 1.54) is 23.8 Å². The van der Waals surface area contributed by atoms with Gasteiger partial charge in [-0.2, -0.15) is 15.0 Å². The van der Waals surface area contributed by atoms with Crippen LogP contribution in [0.5, 0.6) is 0 Å². The summed E-state index contributed by atoms with van der Waals surface area (Å²) in [6.07, 6.45) is 4.47. The lowest BCUT2D eigenvalue weighted by atomic mass is 9.86. The second-order valence-corrected chi connectivity index (χ2v) is 18.7. The van der Waals surface area contributed by atoms with E-state index >= 15 is 0 Å². The average Bonchev–Trinajstić information content (AvgIpc) is 3.91. The van der Waals surface area contributed by atoms with Crippen molar-refractivity contribution in [2.45, 2.75) is 80.7 Å². The van der Waals surface area contributed by atoms with Crippen molar-refractivity contribution in [2.75, 3.05) is 15.5 Å². The highest BCUT2D eigenvalue weighted by atomic mass is 32.1. The molecule has 0 spiro atoms. The van der Waals surface area contributed by atoms with Gasteiger partial charge in [0.05, 0.1) is 37.9 Å². The summed E-state index contributed by atoms with van der Waals surface area (Å²) in [5, 5.41) is 33.4. The number of azo groups is 1. The molecule has 61 heavy (non-hydrogen) atoms. The van der Waals surface area contributed by atoms with Crippen molar-refractivity contribution in [3.63, 3.8) is 0 Å². The Kier molecular flexibility index (Phi) is 10.9. The molecule has 0 saturated heterocycles. The minimum absolute atomic E-state index is 0.0876. The number of thiazole rings is 2. The van der Waals surface area contributed by atoms with Crippen molar-refractivity contribution in [2.24, 2.45) is 16.1 Å². The van der Waals surface area contributed by atoms with Gasteiger partial charge in [-0.1, -0.05) is 110 Å². The van der Waals surface area contributed by atoms with Gasteiger partial charge in [-0.25, -0.2) is 15.0 Å². The monoisotopic (exact) mass is 845 g/mol. The summed E-state index contributed by atoms with van der Waals surface area (Å²) >= 11 is 3.03. The molecule has 4 heterocycles. The first-order valence-electron chi connectivity index (χ1n) is 20.1. The number of aryl methyl sites for hydroxylation is 3. The van der Waals surface area contributed by atoms with Crippen molar-refractivity contribution >= 4 is 88.7 Å².